The summed E-state index contributed by atoms with van der Waals surface area (Å²) in [5.74, 6) is 3.70. The predicted molar refractivity (Wildman–Crippen MR) is 99.4 cm³/mol. The van der Waals surface area contributed by atoms with E-state index in [-0.39, 0.29) is 11.5 Å². The Hall–Kier alpha value is -0.970. The summed E-state index contributed by atoms with van der Waals surface area (Å²) in [6.45, 7) is 1.10. The number of thioether (sulfide) groups is 1. The van der Waals surface area contributed by atoms with Crippen molar-refractivity contribution in [3.63, 3.8) is 0 Å². The molecule has 5 atom stereocenters. The van der Waals surface area contributed by atoms with E-state index in [4.69, 9.17) is 4.74 Å². The molecule has 4 heteroatoms. The Labute approximate surface area is 153 Å². The molecular formula is C21H25NO2S. The second-order valence-electron chi connectivity index (χ2n) is 8.66. The molecule has 2 fully saturated rings. The molecule has 5 aliphatic rings. The number of nitrogens with zero attached hydrogens (tertiary/aromatic N) is 1. The first-order valence-electron chi connectivity index (χ1n) is 9.71. The number of aliphatic hydroxyl groups excluding tert-OH is 1. The number of hydrogen-bond donors (Lipinski definition) is 1. The molecule has 1 aromatic rings. The third-order valence-electron chi connectivity index (χ3n) is 7.31. The van der Waals surface area contributed by atoms with E-state index in [0.717, 1.165) is 31.1 Å². The Morgan fingerprint density at radius 2 is 2.20 bits per heavy atom. The molecule has 3 nitrogen and oxygen atoms in total. The van der Waals surface area contributed by atoms with Gasteiger partial charge < -0.3 is 14.7 Å². The number of likely N-dealkylation sites (tertiary alicyclic amines) is 1. The molecule has 2 aliphatic heterocycles. The third kappa shape index (κ3) is 1.91. The van der Waals surface area contributed by atoms with Crippen LogP contribution in [0.1, 0.15) is 30.4 Å². The van der Waals surface area contributed by atoms with Gasteiger partial charge in [-0.05, 0) is 56.8 Å². The highest BCUT2D eigenvalue weighted by atomic mass is 32.2. The van der Waals surface area contributed by atoms with Crippen LogP contribution in [0.4, 0.5) is 0 Å². The van der Waals surface area contributed by atoms with E-state index < -0.39 is 6.10 Å². The number of hydrogen-bond acceptors (Lipinski definition) is 4. The Morgan fingerprint density at radius 1 is 1.32 bits per heavy atom. The van der Waals surface area contributed by atoms with E-state index in [2.05, 4.69) is 30.2 Å². The summed E-state index contributed by atoms with van der Waals surface area (Å²) in [4.78, 5) is 3.82. The topological polar surface area (TPSA) is 32.7 Å². The molecular weight excluding hydrogens is 330 g/mol. The average Bonchev–Trinajstić information content (AvgIpc) is 3.37. The van der Waals surface area contributed by atoms with Gasteiger partial charge in [0.15, 0.2) is 0 Å². The van der Waals surface area contributed by atoms with Gasteiger partial charge in [0, 0.05) is 33.6 Å². The lowest BCUT2D eigenvalue weighted by Gasteiger charge is -2.56. The van der Waals surface area contributed by atoms with Crippen LogP contribution in [0.5, 0.6) is 5.75 Å². The molecule has 0 amide bonds. The number of rotatable bonds is 3. The minimum absolute atomic E-state index is 0.00951. The largest absolute Gasteiger partial charge is 0.485 e. The van der Waals surface area contributed by atoms with Crippen molar-refractivity contribution >= 4 is 11.8 Å². The minimum atomic E-state index is -0.486. The molecule has 0 radical (unpaired) electrons. The number of ether oxygens (including phenoxy) is 1. The van der Waals surface area contributed by atoms with Gasteiger partial charge in [-0.15, -0.1) is 11.8 Å². The van der Waals surface area contributed by atoms with Crippen molar-refractivity contribution in [3.05, 3.63) is 35.4 Å². The molecule has 2 heterocycles. The lowest BCUT2D eigenvalue weighted by molar-refractivity contribution is -0.0454. The van der Waals surface area contributed by atoms with Gasteiger partial charge in [0.05, 0.1) is 0 Å². The second kappa shape index (κ2) is 5.05. The molecule has 6 rings (SSSR count). The highest BCUT2D eigenvalue weighted by Gasteiger charge is 2.64. The van der Waals surface area contributed by atoms with Gasteiger partial charge >= 0.3 is 0 Å². The number of piperidine rings is 1. The SMILES string of the molecule is CN1CC[C@]23c4c5ccc(SCC6CC6)c4O[C@H]2[C@@H](O)C=C[C@H]3[C@H]1C5. The fraction of sp³-hybridized carbons (Fsp3) is 0.619. The Balaban J connectivity index is 1.52. The van der Waals surface area contributed by atoms with Gasteiger partial charge in [0.25, 0.3) is 0 Å². The van der Waals surface area contributed by atoms with Crippen molar-refractivity contribution < 1.29 is 9.84 Å². The zero-order valence-corrected chi connectivity index (χ0v) is 15.5. The average molecular weight is 356 g/mol. The normalized spacial score (nSPS) is 40.7. The maximum atomic E-state index is 10.7. The number of benzene rings is 1. The van der Waals surface area contributed by atoms with Gasteiger partial charge in [-0.1, -0.05) is 18.2 Å². The van der Waals surface area contributed by atoms with E-state index in [9.17, 15) is 5.11 Å². The lowest BCUT2D eigenvalue weighted by Crippen LogP contribution is -2.64. The highest BCUT2D eigenvalue weighted by molar-refractivity contribution is 7.99. The molecule has 0 aromatic heterocycles. The van der Waals surface area contributed by atoms with Crippen LogP contribution in [0.2, 0.25) is 0 Å². The van der Waals surface area contributed by atoms with Crippen LogP contribution in [0.25, 0.3) is 0 Å². The van der Waals surface area contributed by atoms with Gasteiger partial charge in [-0.25, -0.2) is 0 Å². The Morgan fingerprint density at radius 3 is 3.04 bits per heavy atom. The Kier molecular flexibility index (Phi) is 3.06. The summed E-state index contributed by atoms with van der Waals surface area (Å²) in [7, 11) is 2.26. The summed E-state index contributed by atoms with van der Waals surface area (Å²) < 4.78 is 6.57. The van der Waals surface area contributed by atoms with Crippen LogP contribution in [-0.4, -0.2) is 47.6 Å². The first-order chi connectivity index (χ1) is 12.2. The van der Waals surface area contributed by atoms with E-state index in [1.165, 1.54) is 34.6 Å². The van der Waals surface area contributed by atoms with E-state index in [1.807, 2.05) is 17.8 Å². The predicted octanol–water partition coefficient (Wildman–Crippen LogP) is 2.99. The smallest absolute Gasteiger partial charge is 0.139 e. The molecule has 3 aliphatic carbocycles. The number of likely N-dealkylation sites (N-methyl/N-ethyl adjacent to an activating group) is 1. The van der Waals surface area contributed by atoms with Crippen LogP contribution in [0.15, 0.2) is 29.2 Å². The van der Waals surface area contributed by atoms with Crippen LogP contribution >= 0.6 is 11.8 Å². The van der Waals surface area contributed by atoms with Crippen LogP contribution in [0.3, 0.4) is 0 Å². The van der Waals surface area contributed by atoms with E-state index in [0.29, 0.717) is 12.0 Å². The molecule has 1 spiro atoms. The fourth-order valence-corrected chi connectivity index (χ4v) is 7.03. The summed E-state index contributed by atoms with van der Waals surface area (Å²) in [6.07, 6.45) is 8.68. The van der Waals surface area contributed by atoms with Crippen molar-refractivity contribution in [3.8, 4) is 5.75 Å². The summed E-state index contributed by atoms with van der Waals surface area (Å²) in [5.41, 5.74) is 2.91. The monoisotopic (exact) mass is 355 g/mol. The molecule has 1 N–H and O–H groups in total. The first kappa shape index (κ1) is 15.1. The fourth-order valence-electron chi connectivity index (χ4n) is 5.83. The van der Waals surface area contributed by atoms with Crippen LogP contribution in [0, 0.1) is 11.8 Å². The molecule has 1 aromatic carbocycles. The second-order valence-corrected chi connectivity index (χ2v) is 9.73. The van der Waals surface area contributed by atoms with Gasteiger partial charge in [-0.2, -0.15) is 0 Å². The molecule has 1 saturated heterocycles. The lowest BCUT2D eigenvalue weighted by atomic mass is 9.53. The highest BCUT2D eigenvalue weighted by Crippen LogP contribution is 2.62. The molecule has 1 saturated carbocycles. The van der Waals surface area contributed by atoms with Crippen LogP contribution in [-0.2, 0) is 11.8 Å². The zero-order valence-electron chi connectivity index (χ0n) is 14.6. The van der Waals surface area contributed by atoms with Gasteiger partial charge in [0.1, 0.15) is 18.0 Å². The van der Waals surface area contributed by atoms with Crippen molar-refractivity contribution in [1.82, 2.24) is 4.90 Å². The zero-order chi connectivity index (χ0) is 16.8. The van der Waals surface area contributed by atoms with Gasteiger partial charge in [-0.3, -0.25) is 0 Å². The summed E-state index contributed by atoms with van der Waals surface area (Å²) in [5, 5.41) is 10.7. The quantitative estimate of drug-likeness (QED) is 0.667. The van der Waals surface area contributed by atoms with Crippen LogP contribution < -0.4 is 4.74 Å². The molecule has 2 bridgehead atoms. The molecule has 0 unspecified atom stereocenters. The van der Waals surface area contributed by atoms with Crippen molar-refractivity contribution in [2.75, 3.05) is 19.3 Å². The first-order valence-corrected chi connectivity index (χ1v) is 10.7. The van der Waals surface area contributed by atoms with Crippen molar-refractivity contribution in [1.29, 1.82) is 0 Å². The maximum absolute atomic E-state index is 10.7. The summed E-state index contributed by atoms with van der Waals surface area (Å²) in [6, 6.07) is 5.17. The molecule has 132 valence electrons. The minimum Gasteiger partial charge on any atom is -0.485 e. The maximum Gasteiger partial charge on any atom is 0.139 e. The van der Waals surface area contributed by atoms with E-state index in [1.54, 1.807) is 0 Å². The molecule has 25 heavy (non-hydrogen) atoms. The Bertz CT molecular complexity index is 773. The van der Waals surface area contributed by atoms with Crippen molar-refractivity contribution in [2.24, 2.45) is 11.8 Å². The van der Waals surface area contributed by atoms with Gasteiger partial charge in [0.2, 0.25) is 0 Å². The number of aliphatic hydroxyl groups is 1. The third-order valence-corrected chi connectivity index (χ3v) is 8.58. The summed E-state index contributed by atoms with van der Waals surface area (Å²) >= 11 is 1.97. The van der Waals surface area contributed by atoms with Crippen molar-refractivity contribution in [2.45, 2.75) is 54.2 Å². The standard InChI is InChI=1S/C21H25NO2S/c1-22-9-8-21-14-5-6-16(23)20(21)24-19-17(25-11-12-2-3-12)7-4-13(18(19)21)10-15(14)22/h4-7,12,14-16,20,23H,2-3,8-11H2,1H3/t14-,15+,16-,20-,21-/m0/s1. The van der Waals surface area contributed by atoms with E-state index >= 15 is 0 Å².